The minimum atomic E-state index is -0.183. The largest absolute Gasteiger partial charge is 0.497 e. The number of aromatic nitrogens is 1. The molecule has 0 amide bonds. The number of aryl methyl sites for hydroxylation is 1. The molecule has 1 atom stereocenters. The number of nitrogens with zero attached hydrogens (tertiary/aromatic N) is 1. The summed E-state index contributed by atoms with van der Waals surface area (Å²) >= 11 is 1.74. The van der Waals surface area contributed by atoms with Gasteiger partial charge in [-0.15, -0.1) is 11.3 Å². The summed E-state index contributed by atoms with van der Waals surface area (Å²) in [4.78, 5) is 5.96. The van der Waals surface area contributed by atoms with Crippen LogP contribution in [0.2, 0.25) is 0 Å². The monoisotopic (exact) mass is 275 g/mol. The average molecular weight is 275 g/mol. The Hall–Kier alpha value is -1.39. The standard InChI is InChI=1S/C15H17NO2S/c1-18-12-4-2-3-10(7-12)8-15-16-13-6-5-11(17)9-14(13)19-15/h2-4,7,11,17H,5-6,8-9H2,1H3. The molecule has 0 saturated carbocycles. The lowest BCUT2D eigenvalue weighted by Crippen LogP contribution is -2.17. The summed E-state index contributed by atoms with van der Waals surface area (Å²) in [5.74, 6) is 0.884. The molecule has 0 radical (unpaired) electrons. The molecule has 1 aliphatic rings. The highest BCUT2D eigenvalue weighted by molar-refractivity contribution is 7.11. The topological polar surface area (TPSA) is 42.4 Å². The number of methoxy groups -OCH3 is 1. The van der Waals surface area contributed by atoms with Gasteiger partial charge in [-0.25, -0.2) is 4.98 Å². The number of benzene rings is 1. The van der Waals surface area contributed by atoms with Gasteiger partial charge in [0.15, 0.2) is 0 Å². The molecule has 0 saturated heterocycles. The van der Waals surface area contributed by atoms with E-state index in [1.165, 1.54) is 16.1 Å². The van der Waals surface area contributed by atoms with E-state index >= 15 is 0 Å². The van der Waals surface area contributed by atoms with Crippen LogP contribution < -0.4 is 4.74 Å². The van der Waals surface area contributed by atoms with Crippen LogP contribution in [0.4, 0.5) is 0 Å². The summed E-state index contributed by atoms with van der Waals surface area (Å²) in [5, 5.41) is 10.8. The molecule has 0 fully saturated rings. The quantitative estimate of drug-likeness (QED) is 0.936. The van der Waals surface area contributed by atoms with Gasteiger partial charge in [0.2, 0.25) is 0 Å². The molecule has 3 rings (SSSR count). The molecule has 1 aromatic heterocycles. The smallest absolute Gasteiger partial charge is 0.119 e. The second-order valence-corrected chi connectivity index (χ2v) is 6.07. The van der Waals surface area contributed by atoms with E-state index in [9.17, 15) is 5.11 Å². The van der Waals surface area contributed by atoms with Crippen molar-refractivity contribution in [3.63, 3.8) is 0 Å². The van der Waals surface area contributed by atoms with Crippen LogP contribution in [-0.2, 0) is 19.3 Å². The number of hydrogen-bond acceptors (Lipinski definition) is 4. The van der Waals surface area contributed by atoms with Crippen molar-refractivity contribution in [3.05, 3.63) is 45.4 Å². The van der Waals surface area contributed by atoms with Gasteiger partial charge in [-0.05, 0) is 30.5 Å². The number of thiazole rings is 1. The number of rotatable bonds is 3. The van der Waals surface area contributed by atoms with E-state index in [0.717, 1.165) is 36.4 Å². The minimum Gasteiger partial charge on any atom is -0.497 e. The summed E-state index contributed by atoms with van der Waals surface area (Å²) in [7, 11) is 1.68. The number of aliphatic hydroxyl groups is 1. The third-order valence-corrected chi connectivity index (χ3v) is 4.57. The Kier molecular flexibility index (Phi) is 3.53. The van der Waals surface area contributed by atoms with Gasteiger partial charge in [-0.3, -0.25) is 0 Å². The zero-order valence-electron chi connectivity index (χ0n) is 10.9. The molecule has 100 valence electrons. The van der Waals surface area contributed by atoms with E-state index in [-0.39, 0.29) is 6.10 Å². The molecule has 3 nitrogen and oxygen atoms in total. The maximum absolute atomic E-state index is 9.69. The summed E-state index contributed by atoms with van der Waals surface area (Å²) in [6, 6.07) is 8.10. The first-order valence-corrected chi connectivity index (χ1v) is 7.34. The predicted octanol–water partition coefficient (Wildman–Crippen LogP) is 2.59. The first-order chi connectivity index (χ1) is 9.24. The zero-order chi connectivity index (χ0) is 13.2. The van der Waals surface area contributed by atoms with E-state index in [1.807, 2.05) is 12.1 Å². The average Bonchev–Trinajstić information content (AvgIpc) is 2.80. The van der Waals surface area contributed by atoms with E-state index in [4.69, 9.17) is 9.72 Å². The molecule has 1 aliphatic carbocycles. The number of aliphatic hydroxyl groups excluding tert-OH is 1. The van der Waals surface area contributed by atoms with E-state index in [0.29, 0.717) is 0 Å². The van der Waals surface area contributed by atoms with Gasteiger partial charge < -0.3 is 9.84 Å². The number of fused-ring (bicyclic) bond motifs is 1. The van der Waals surface area contributed by atoms with Crippen molar-refractivity contribution in [1.82, 2.24) is 4.98 Å². The lowest BCUT2D eigenvalue weighted by Gasteiger charge is -2.14. The molecule has 4 heteroatoms. The highest BCUT2D eigenvalue weighted by atomic mass is 32.1. The molecule has 1 N–H and O–H groups in total. The van der Waals surface area contributed by atoms with E-state index < -0.39 is 0 Å². The van der Waals surface area contributed by atoms with Crippen LogP contribution in [0.15, 0.2) is 24.3 Å². The highest BCUT2D eigenvalue weighted by Crippen LogP contribution is 2.28. The fraction of sp³-hybridized carbons (Fsp3) is 0.400. The van der Waals surface area contributed by atoms with Crippen molar-refractivity contribution in [2.24, 2.45) is 0 Å². The fourth-order valence-corrected chi connectivity index (χ4v) is 3.66. The predicted molar refractivity (Wildman–Crippen MR) is 75.9 cm³/mol. The van der Waals surface area contributed by atoms with Gasteiger partial charge in [0, 0.05) is 17.7 Å². The van der Waals surface area contributed by atoms with E-state index in [2.05, 4.69) is 12.1 Å². The third kappa shape index (κ3) is 2.80. The Bertz CT molecular complexity index is 579. The molecule has 0 bridgehead atoms. The van der Waals surface area contributed by atoms with Crippen LogP contribution in [-0.4, -0.2) is 23.3 Å². The molecule has 1 unspecified atom stereocenters. The van der Waals surface area contributed by atoms with Crippen molar-refractivity contribution in [3.8, 4) is 5.75 Å². The Labute approximate surface area is 116 Å². The van der Waals surface area contributed by atoms with Crippen molar-refractivity contribution in [2.45, 2.75) is 31.8 Å². The molecule has 1 heterocycles. The lowest BCUT2D eigenvalue weighted by atomic mass is 10.0. The molecule has 0 spiro atoms. The molecule has 1 aromatic carbocycles. The van der Waals surface area contributed by atoms with Crippen molar-refractivity contribution in [1.29, 1.82) is 0 Å². The SMILES string of the molecule is COc1cccc(Cc2nc3c(s2)CC(O)CC3)c1. The molecular formula is C15H17NO2S. The van der Waals surface area contributed by atoms with E-state index in [1.54, 1.807) is 18.4 Å². The summed E-state index contributed by atoms with van der Waals surface area (Å²) < 4.78 is 5.24. The highest BCUT2D eigenvalue weighted by Gasteiger charge is 2.20. The van der Waals surface area contributed by atoms with Crippen molar-refractivity contribution >= 4 is 11.3 Å². The van der Waals surface area contributed by atoms with Gasteiger partial charge in [-0.2, -0.15) is 0 Å². The summed E-state index contributed by atoms with van der Waals surface area (Å²) in [5.41, 5.74) is 2.40. The second-order valence-electron chi connectivity index (χ2n) is 4.90. The summed E-state index contributed by atoms with van der Waals surface area (Å²) in [6.07, 6.45) is 3.17. The Morgan fingerprint density at radius 1 is 1.47 bits per heavy atom. The molecular weight excluding hydrogens is 258 g/mol. The molecule has 19 heavy (non-hydrogen) atoms. The number of hydrogen-bond donors (Lipinski definition) is 1. The number of ether oxygens (including phenoxy) is 1. The van der Waals surface area contributed by atoms with Crippen LogP contribution in [0.5, 0.6) is 5.75 Å². The van der Waals surface area contributed by atoms with Crippen LogP contribution >= 0.6 is 11.3 Å². The maximum Gasteiger partial charge on any atom is 0.119 e. The van der Waals surface area contributed by atoms with Gasteiger partial charge in [0.1, 0.15) is 5.75 Å². The first-order valence-electron chi connectivity index (χ1n) is 6.53. The summed E-state index contributed by atoms with van der Waals surface area (Å²) in [6.45, 7) is 0. The van der Waals surface area contributed by atoms with Crippen LogP contribution in [0.3, 0.4) is 0 Å². The Morgan fingerprint density at radius 3 is 3.21 bits per heavy atom. The van der Waals surface area contributed by atoms with Gasteiger partial charge in [0.05, 0.1) is 23.9 Å². The zero-order valence-corrected chi connectivity index (χ0v) is 11.7. The minimum absolute atomic E-state index is 0.183. The normalized spacial score (nSPS) is 18.1. The molecule has 0 aliphatic heterocycles. The first kappa shape index (κ1) is 12.6. The second kappa shape index (κ2) is 5.31. The fourth-order valence-electron chi connectivity index (χ4n) is 2.44. The van der Waals surface area contributed by atoms with Gasteiger partial charge >= 0.3 is 0 Å². The van der Waals surface area contributed by atoms with Crippen molar-refractivity contribution < 1.29 is 9.84 Å². The lowest BCUT2D eigenvalue weighted by molar-refractivity contribution is 0.159. The van der Waals surface area contributed by atoms with Crippen LogP contribution in [0, 0.1) is 0 Å². The third-order valence-electron chi connectivity index (χ3n) is 3.45. The van der Waals surface area contributed by atoms with Crippen LogP contribution in [0.1, 0.15) is 27.6 Å². The van der Waals surface area contributed by atoms with Crippen LogP contribution in [0.25, 0.3) is 0 Å². The maximum atomic E-state index is 9.69. The Morgan fingerprint density at radius 2 is 2.37 bits per heavy atom. The van der Waals surface area contributed by atoms with Gasteiger partial charge in [-0.1, -0.05) is 12.1 Å². The van der Waals surface area contributed by atoms with Gasteiger partial charge in [0.25, 0.3) is 0 Å². The molecule has 2 aromatic rings. The van der Waals surface area contributed by atoms with Crippen molar-refractivity contribution in [2.75, 3.05) is 7.11 Å². The Balaban J connectivity index is 1.80.